The number of anilines is 1. The van der Waals surface area contributed by atoms with Crippen LogP contribution in [0.1, 0.15) is 12.5 Å². The van der Waals surface area contributed by atoms with Gasteiger partial charge in [-0.05, 0) is 36.8 Å². The van der Waals surface area contributed by atoms with E-state index in [2.05, 4.69) is 10.6 Å². The van der Waals surface area contributed by atoms with Gasteiger partial charge in [-0.3, -0.25) is 14.5 Å². The average Bonchev–Trinajstić information content (AvgIpc) is 2.82. The highest BCUT2D eigenvalue weighted by Gasteiger charge is 2.49. The standard InChI is InChI=1S/C18H15F2N3O3/c1-18(11-6-8-12(19)9-7-11)16(25)23(17(26)22-18)10-15(24)21-14-5-3-2-4-13(14)20/h2-9H,10H2,1H3,(H,21,24)(H,22,26). The molecule has 1 aliphatic heterocycles. The molecule has 1 atom stereocenters. The Morgan fingerprint density at radius 2 is 1.77 bits per heavy atom. The van der Waals surface area contributed by atoms with Crippen LogP contribution in [0, 0.1) is 11.6 Å². The summed E-state index contributed by atoms with van der Waals surface area (Å²) in [4.78, 5) is 37.7. The zero-order chi connectivity index (χ0) is 18.9. The number of halogens is 2. The molecule has 8 heteroatoms. The lowest BCUT2D eigenvalue weighted by atomic mass is 9.92. The molecule has 1 saturated heterocycles. The Balaban J connectivity index is 1.76. The molecule has 0 radical (unpaired) electrons. The number of nitrogens with one attached hydrogen (secondary N) is 2. The van der Waals surface area contributed by atoms with Crippen molar-refractivity contribution in [2.24, 2.45) is 0 Å². The first-order valence-electron chi connectivity index (χ1n) is 7.76. The third-order valence-corrected chi connectivity index (χ3v) is 4.15. The van der Waals surface area contributed by atoms with Gasteiger partial charge in [-0.2, -0.15) is 0 Å². The number of para-hydroxylation sites is 1. The summed E-state index contributed by atoms with van der Waals surface area (Å²) in [5.41, 5.74) is -1.08. The molecule has 1 fully saturated rings. The number of urea groups is 1. The summed E-state index contributed by atoms with van der Waals surface area (Å²) in [5.74, 6) is -2.48. The molecule has 0 bridgehead atoms. The second-order valence-electron chi connectivity index (χ2n) is 5.98. The Bertz CT molecular complexity index is 886. The Hall–Kier alpha value is -3.29. The molecular weight excluding hydrogens is 344 g/mol. The van der Waals surface area contributed by atoms with Gasteiger partial charge >= 0.3 is 6.03 Å². The second-order valence-corrected chi connectivity index (χ2v) is 5.98. The van der Waals surface area contributed by atoms with Crippen LogP contribution in [0.15, 0.2) is 48.5 Å². The van der Waals surface area contributed by atoms with Gasteiger partial charge in [0.05, 0.1) is 5.69 Å². The monoisotopic (exact) mass is 359 g/mol. The van der Waals surface area contributed by atoms with Crippen LogP contribution in [0.2, 0.25) is 0 Å². The number of carbonyl (C=O) groups is 3. The fraction of sp³-hybridized carbons (Fsp3) is 0.167. The third-order valence-electron chi connectivity index (χ3n) is 4.15. The summed E-state index contributed by atoms with van der Waals surface area (Å²) < 4.78 is 26.7. The molecule has 0 spiro atoms. The van der Waals surface area contributed by atoms with Gasteiger partial charge in [0.2, 0.25) is 5.91 Å². The molecule has 134 valence electrons. The number of hydrogen-bond acceptors (Lipinski definition) is 3. The minimum Gasteiger partial charge on any atom is -0.322 e. The zero-order valence-electron chi connectivity index (χ0n) is 13.8. The summed E-state index contributed by atoms with van der Waals surface area (Å²) in [7, 11) is 0. The summed E-state index contributed by atoms with van der Waals surface area (Å²) in [5, 5.41) is 4.82. The molecule has 0 saturated carbocycles. The van der Waals surface area contributed by atoms with Gasteiger partial charge in [0.15, 0.2) is 0 Å². The van der Waals surface area contributed by atoms with Crippen molar-refractivity contribution in [2.45, 2.75) is 12.5 Å². The third kappa shape index (κ3) is 3.13. The molecule has 4 amide bonds. The van der Waals surface area contributed by atoms with Crippen molar-refractivity contribution in [1.29, 1.82) is 0 Å². The first-order chi connectivity index (χ1) is 12.3. The maximum atomic E-state index is 13.6. The summed E-state index contributed by atoms with van der Waals surface area (Å²) in [6, 6.07) is 9.91. The van der Waals surface area contributed by atoms with Gasteiger partial charge in [0, 0.05) is 0 Å². The molecule has 2 aromatic rings. The molecule has 1 unspecified atom stereocenters. The average molecular weight is 359 g/mol. The molecule has 6 nitrogen and oxygen atoms in total. The van der Waals surface area contributed by atoms with E-state index in [0.717, 1.165) is 4.90 Å². The Morgan fingerprint density at radius 1 is 1.12 bits per heavy atom. The maximum absolute atomic E-state index is 13.6. The van der Waals surface area contributed by atoms with E-state index in [-0.39, 0.29) is 5.69 Å². The minimum atomic E-state index is -1.41. The van der Waals surface area contributed by atoms with Crippen LogP contribution in [0.3, 0.4) is 0 Å². The Kier molecular flexibility index (Phi) is 4.41. The van der Waals surface area contributed by atoms with Gasteiger partial charge in [-0.25, -0.2) is 13.6 Å². The van der Waals surface area contributed by atoms with Gasteiger partial charge in [0.1, 0.15) is 23.7 Å². The van der Waals surface area contributed by atoms with Crippen molar-refractivity contribution >= 4 is 23.5 Å². The molecule has 2 aromatic carbocycles. The first kappa shape index (κ1) is 17.5. The topological polar surface area (TPSA) is 78.5 Å². The van der Waals surface area contributed by atoms with E-state index in [4.69, 9.17) is 0 Å². The number of imide groups is 1. The number of benzene rings is 2. The number of hydrogen-bond donors (Lipinski definition) is 2. The normalized spacial score (nSPS) is 19.4. The van der Waals surface area contributed by atoms with Crippen LogP contribution >= 0.6 is 0 Å². The quantitative estimate of drug-likeness (QED) is 0.823. The predicted octanol–water partition coefficient (Wildman–Crippen LogP) is 2.37. The summed E-state index contributed by atoms with van der Waals surface area (Å²) >= 11 is 0. The highest BCUT2D eigenvalue weighted by Crippen LogP contribution is 2.28. The Labute approximate surface area is 147 Å². The van der Waals surface area contributed by atoms with Crippen molar-refractivity contribution in [3.05, 3.63) is 65.7 Å². The maximum Gasteiger partial charge on any atom is 0.325 e. The molecule has 3 rings (SSSR count). The molecule has 26 heavy (non-hydrogen) atoms. The summed E-state index contributed by atoms with van der Waals surface area (Å²) in [6.07, 6.45) is 0. The predicted molar refractivity (Wildman–Crippen MR) is 89.0 cm³/mol. The van der Waals surface area contributed by atoms with E-state index in [9.17, 15) is 23.2 Å². The van der Waals surface area contributed by atoms with E-state index in [1.54, 1.807) is 0 Å². The number of amides is 4. The minimum absolute atomic E-state index is 0.0501. The first-order valence-corrected chi connectivity index (χ1v) is 7.76. The van der Waals surface area contributed by atoms with Gasteiger partial charge in [-0.1, -0.05) is 24.3 Å². The second kappa shape index (κ2) is 6.55. The van der Waals surface area contributed by atoms with Crippen molar-refractivity contribution in [1.82, 2.24) is 10.2 Å². The molecule has 1 heterocycles. The molecule has 0 aromatic heterocycles. The molecule has 1 aliphatic rings. The molecule has 0 aliphatic carbocycles. The van der Waals surface area contributed by atoms with Crippen LogP contribution < -0.4 is 10.6 Å². The van der Waals surface area contributed by atoms with Crippen molar-refractivity contribution < 1.29 is 23.2 Å². The van der Waals surface area contributed by atoms with E-state index in [1.165, 1.54) is 55.5 Å². The SMILES string of the molecule is CC1(c2ccc(F)cc2)NC(=O)N(CC(=O)Nc2ccccc2F)C1=O. The fourth-order valence-corrected chi connectivity index (χ4v) is 2.72. The summed E-state index contributed by atoms with van der Waals surface area (Å²) in [6.45, 7) is 0.894. The van der Waals surface area contributed by atoms with Crippen LogP contribution in [-0.4, -0.2) is 29.3 Å². The van der Waals surface area contributed by atoms with Gasteiger partial charge in [-0.15, -0.1) is 0 Å². The lowest BCUT2D eigenvalue weighted by Crippen LogP contribution is -2.42. The van der Waals surface area contributed by atoms with Crippen LogP contribution in [-0.2, 0) is 15.1 Å². The lowest BCUT2D eigenvalue weighted by molar-refractivity contribution is -0.133. The smallest absolute Gasteiger partial charge is 0.322 e. The Morgan fingerprint density at radius 3 is 2.42 bits per heavy atom. The number of carbonyl (C=O) groups excluding carboxylic acids is 3. The highest BCUT2D eigenvalue weighted by atomic mass is 19.1. The van der Waals surface area contributed by atoms with E-state index < -0.39 is 41.6 Å². The van der Waals surface area contributed by atoms with E-state index in [1.807, 2.05) is 0 Å². The zero-order valence-corrected chi connectivity index (χ0v) is 13.8. The lowest BCUT2D eigenvalue weighted by Gasteiger charge is -2.22. The van der Waals surface area contributed by atoms with Crippen LogP contribution in [0.25, 0.3) is 0 Å². The van der Waals surface area contributed by atoms with Crippen LogP contribution in [0.4, 0.5) is 19.3 Å². The highest BCUT2D eigenvalue weighted by molar-refractivity contribution is 6.10. The molecule has 2 N–H and O–H groups in total. The van der Waals surface area contributed by atoms with Gasteiger partial charge in [0.25, 0.3) is 5.91 Å². The molecular formula is C18H15F2N3O3. The van der Waals surface area contributed by atoms with Crippen LogP contribution in [0.5, 0.6) is 0 Å². The largest absolute Gasteiger partial charge is 0.325 e. The van der Waals surface area contributed by atoms with E-state index >= 15 is 0 Å². The van der Waals surface area contributed by atoms with Crippen molar-refractivity contribution in [3.63, 3.8) is 0 Å². The fourth-order valence-electron chi connectivity index (χ4n) is 2.72. The number of nitrogens with zero attached hydrogens (tertiary/aromatic N) is 1. The van der Waals surface area contributed by atoms with Crippen molar-refractivity contribution in [3.8, 4) is 0 Å². The number of rotatable bonds is 4. The van der Waals surface area contributed by atoms with E-state index in [0.29, 0.717) is 5.56 Å². The van der Waals surface area contributed by atoms with Gasteiger partial charge < -0.3 is 10.6 Å². The van der Waals surface area contributed by atoms with Crippen molar-refractivity contribution in [2.75, 3.05) is 11.9 Å².